The van der Waals surface area contributed by atoms with Crippen molar-refractivity contribution in [2.45, 2.75) is 26.2 Å². The summed E-state index contributed by atoms with van der Waals surface area (Å²) in [5.74, 6) is 1.40. The number of para-hydroxylation sites is 3. The number of phenolic OH excluding ortho intramolecular Hbond substituents is 1. The molecule has 5 heteroatoms. The van der Waals surface area contributed by atoms with Crippen LogP contribution in [-0.4, -0.2) is 16.3 Å². The maximum Gasteiger partial charge on any atom is 0.229 e. The molecule has 6 rings (SSSR count). The highest BCUT2D eigenvalue weighted by molar-refractivity contribution is 5.94. The number of hydrogen-bond acceptors (Lipinski definition) is 5. The largest absolute Gasteiger partial charge is 0.507 e. The lowest BCUT2D eigenvalue weighted by Crippen LogP contribution is -2.11. The second kappa shape index (κ2) is 8.79. The standard InChI is InChI=1S/C32H26N2O3/c1-32(2,3)22-15-16-26(35)21(17-22)19-33-25-12-6-5-10-23(25)31-34-30-24(11-8-14-28(30)37-31)29-18-20-9-4-7-13-27(20)36-29/h4-19,35H,1-3H3. The predicted octanol–water partition coefficient (Wildman–Crippen LogP) is 8.66. The summed E-state index contributed by atoms with van der Waals surface area (Å²) < 4.78 is 12.3. The summed E-state index contributed by atoms with van der Waals surface area (Å²) in [4.78, 5) is 9.57. The summed E-state index contributed by atoms with van der Waals surface area (Å²) in [6.07, 6.45) is 1.69. The second-order valence-corrected chi connectivity index (χ2v) is 10.1. The number of nitrogens with zero attached hydrogens (tertiary/aromatic N) is 2. The number of hydrogen-bond donors (Lipinski definition) is 1. The molecular formula is C32H26N2O3. The molecule has 6 aromatic rings. The van der Waals surface area contributed by atoms with Gasteiger partial charge >= 0.3 is 0 Å². The van der Waals surface area contributed by atoms with E-state index in [-0.39, 0.29) is 11.2 Å². The molecule has 182 valence electrons. The van der Waals surface area contributed by atoms with E-state index in [0.29, 0.717) is 22.7 Å². The van der Waals surface area contributed by atoms with Crippen molar-refractivity contribution in [3.05, 3.63) is 102 Å². The zero-order valence-electron chi connectivity index (χ0n) is 20.9. The number of benzene rings is 4. The Labute approximate surface area is 214 Å². The monoisotopic (exact) mass is 486 g/mol. The number of phenols is 1. The molecule has 1 N–H and O–H groups in total. The Kier molecular flexibility index (Phi) is 5.41. The lowest BCUT2D eigenvalue weighted by Gasteiger charge is -2.19. The van der Waals surface area contributed by atoms with Crippen molar-refractivity contribution >= 4 is 34.0 Å². The topological polar surface area (TPSA) is 71.8 Å². The predicted molar refractivity (Wildman–Crippen MR) is 149 cm³/mol. The lowest BCUT2D eigenvalue weighted by atomic mass is 9.86. The number of furan rings is 1. The first-order chi connectivity index (χ1) is 17.9. The molecule has 2 heterocycles. The molecule has 4 aromatic carbocycles. The van der Waals surface area contributed by atoms with Crippen LogP contribution in [0.5, 0.6) is 5.75 Å². The first-order valence-corrected chi connectivity index (χ1v) is 12.2. The minimum atomic E-state index is -0.0378. The highest BCUT2D eigenvalue weighted by atomic mass is 16.4. The van der Waals surface area contributed by atoms with Crippen molar-refractivity contribution in [2.75, 3.05) is 0 Å². The molecule has 0 amide bonds. The number of aromatic hydroxyl groups is 1. The van der Waals surface area contributed by atoms with Crippen LogP contribution in [0.2, 0.25) is 0 Å². The van der Waals surface area contributed by atoms with Gasteiger partial charge < -0.3 is 13.9 Å². The van der Waals surface area contributed by atoms with Gasteiger partial charge in [-0.15, -0.1) is 0 Å². The van der Waals surface area contributed by atoms with Crippen LogP contribution in [0.25, 0.3) is 44.8 Å². The van der Waals surface area contributed by atoms with E-state index in [1.807, 2.05) is 84.9 Å². The van der Waals surface area contributed by atoms with E-state index in [4.69, 9.17) is 18.8 Å². The average molecular weight is 487 g/mol. The average Bonchev–Trinajstić information content (AvgIpc) is 3.52. The first-order valence-electron chi connectivity index (χ1n) is 12.2. The molecule has 0 fully saturated rings. The van der Waals surface area contributed by atoms with Crippen molar-refractivity contribution in [1.82, 2.24) is 4.98 Å². The summed E-state index contributed by atoms with van der Waals surface area (Å²) in [5, 5.41) is 11.5. The van der Waals surface area contributed by atoms with Crippen LogP contribution in [0.1, 0.15) is 31.9 Å². The van der Waals surface area contributed by atoms with Crippen LogP contribution in [0.4, 0.5) is 5.69 Å². The summed E-state index contributed by atoms with van der Waals surface area (Å²) >= 11 is 0. The van der Waals surface area contributed by atoms with Crippen molar-refractivity contribution in [1.29, 1.82) is 0 Å². The van der Waals surface area contributed by atoms with Crippen LogP contribution in [0, 0.1) is 0 Å². The number of aliphatic imine (C=N–C) groups is 1. The molecule has 0 aliphatic rings. The van der Waals surface area contributed by atoms with Gasteiger partial charge in [-0.25, -0.2) is 4.98 Å². The third-order valence-electron chi connectivity index (χ3n) is 6.48. The van der Waals surface area contributed by atoms with Gasteiger partial charge in [0.15, 0.2) is 5.58 Å². The quantitative estimate of drug-likeness (QED) is 0.253. The molecule has 37 heavy (non-hydrogen) atoms. The molecule has 0 radical (unpaired) electrons. The minimum Gasteiger partial charge on any atom is -0.507 e. The Morgan fingerprint density at radius 2 is 1.54 bits per heavy atom. The zero-order valence-corrected chi connectivity index (χ0v) is 20.9. The molecule has 2 aromatic heterocycles. The van der Waals surface area contributed by atoms with Gasteiger partial charge in [-0.05, 0) is 59.5 Å². The SMILES string of the molecule is CC(C)(C)c1ccc(O)c(C=Nc2ccccc2-c2nc3c(-c4cc5ccccc5o4)cccc3o2)c1. The van der Waals surface area contributed by atoms with Crippen LogP contribution in [0.3, 0.4) is 0 Å². The van der Waals surface area contributed by atoms with Crippen molar-refractivity contribution in [3.63, 3.8) is 0 Å². The highest BCUT2D eigenvalue weighted by Gasteiger charge is 2.18. The van der Waals surface area contributed by atoms with E-state index in [1.54, 1.807) is 12.3 Å². The molecule has 0 aliphatic carbocycles. The lowest BCUT2D eigenvalue weighted by molar-refractivity contribution is 0.473. The fourth-order valence-electron chi connectivity index (χ4n) is 4.41. The van der Waals surface area contributed by atoms with Gasteiger partial charge in [0.1, 0.15) is 22.6 Å². The van der Waals surface area contributed by atoms with E-state index in [0.717, 1.165) is 38.9 Å². The molecule has 0 aliphatic heterocycles. The number of fused-ring (bicyclic) bond motifs is 2. The fraction of sp³-hybridized carbons (Fsp3) is 0.125. The smallest absolute Gasteiger partial charge is 0.229 e. The van der Waals surface area contributed by atoms with Crippen molar-refractivity contribution in [3.8, 4) is 28.5 Å². The molecule has 0 saturated carbocycles. The van der Waals surface area contributed by atoms with Crippen LogP contribution < -0.4 is 0 Å². The Hall–Kier alpha value is -4.64. The van der Waals surface area contributed by atoms with Crippen LogP contribution in [0.15, 0.2) is 105 Å². The highest BCUT2D eigenvalue weighted by Crippen LogP contribution is 2.37. The number of rotatable bonds is 4. The normalized spacial score (nSPS) is 12.2. The second-order valence-electron chi connectivity index (χ2n) is 10.1. The summed E-state index contributed by atoms with van der Waals surface area (Å²) in [5.41, 5.74) is 6.29. The van der Waals surface area contributed by atoms with Gasteiger partial charge in [0.05, 0.1) is 11.3 Å². The van der Waals surface area contributed by atoms with Gasteiger partial charge in [-0.2, -0.15) is 0 Å². The van der Waals surface area contributed by atoms with Gasteiger partial charge in [-0.1, -0.05) is 63.2 Å². The molecule has 0 unspecified atom stereocenters. The molecule has 0 spiro atoms. The van der Waals surface area contributed by atoms with E-state index >= 15 is 0 Å². The summed E-state index contributed by atoms with van der Waals surface area (Å²) in [6.45, 7) is 6.42. The molecule has 0 saturated heterocycles. The summed E-state index contributed by atoms with van der Waals surface area (Å²) in [6, 6.07) is 29.1. The Morgan fingerprint density at radius 1 is 0.784 bits per heavy atom. The Balaban J connectivity index is 1.41. The van der Waals surface area contributed by atoms with E-state index in [2.05, 4.69) is 20.8 Å². The van der Waals surface area contributed by atoms with Gasteiger partial charge in [0.25, 0.3) is 0 Å². The molecular weight excluding hydrogens is 460 g/mol. The van der Waals surface area contributed by atoms with Gasteiger partial charge in [0.2, 0.25) is 5.89 Å². The van der Waals surface area contributed by atoms with Crippen molar-refractivity contribution < 1.29 is 13.9 Å². The third kappa shape index (κ3) is 4.29. The Bertz CT molecular complexity index is 1750. The maximum absolute atomic E-state index is 10.4. The number of aromatic nitrogens is 1. The third-order valence-corrected chi connectivity index (χ3v) is 6.48. The molecule has 0 bridgehead atoms. The first kappa shape index (κ1) is 22.8. The van der Waals surface area contributed by atoms with Gasteiger partial charge in [0, 0.05) is 22.7 Å². The Morgan fingerprint density at radius 3 is 2.38 bits per heavy atom. The minimum absolute atomic E-state index is 0.0378. The zero-order chi connectivity index (χ0) is 25.6. The van der Waals surface area contributed by atoms with Crippen LogP contribution in [-0.2, 0) is 5.41 Å². The van der Waals surface area contributed by atoms with Crippen molar-refractivity contribution in [2.24, 2.45) is 4.99 Å². The molecule has 0 atom stereocenters. The van der Waals surface area contributed by atoms with Crippen LogP contribution >= 0.6 is 0 Å². The number of oxazole rings is 1. The molecule has 5 nitrogen and oxygen atoms in total. The van der Waals surface area contributed by atoms with E-state index in [1.165, 1.54) is 0 Å². The fourth-order valence-corrected chi connectivity index (χ4v) is 4.41. The van der Waals surface area contributed by atoms with E-state index < -0.39 is 0 Å². The summed E-state index contributed by atoms with van der Waals surface area (Å²) in [7, 11) is 0. The maximum atomic E-state index is 10.4. The van der Waals surface area contributed by atoms with Gasteiger partial charge in [-0.3, -0.25) is 4.99 Å². The van der Waals surface area contributed by atoms with E-state index in [9.17, 15) is 5.11 Å².